The van der Waals surface area contributed by atoms with Crippen LogP contribution in [0.1, 0.15) is 24.7 Å². The average Bonchev–Trinajstić information content (AvgIpc) is 2.73. The lowest BCUT2D eigenvalue weighted by Gasteiger charge is -2.15. The zero-order chi connectivity index (χ0) is 10.8. The van der Waals surface area contributed by atoms with Gasteiger partial charge in [-0.3, -0.25) is 4.90 Å². The van der Waals surface area contributed by atoms with Gasteiger partial charge in [0.25, 0.3) is 0 Å². The van der Waals surface area contributed by atoms with Crippen LogP contribution in [-0.2, 0) is 13.1 Å². The summed E-state index contributed by atoms with van der Waals surface area (Å²) in [6, 6.07) is 1.96. The third-order valence-corrected chi connectivity index (χ3v) is 3.29. The molecule has 0 aliphatic heterocycles. The molecule has 0 bridgehead atoms. The topological polar surface area (TPSA) is 42.4 Å². The lowest BCUT2D eigenvalue weighted by molar-refractivity contribution is 0.278. The molecule has 3 nitrogen and oxygen atoms in total. The normalized spacial score (nSPS) is 24.8. The molecule has 0 saturated heterocycles. The van der Waals surface area contributed by atoms with E-state index in [-0.39, 0.29) is 0 Å². The van der Waals surface area contributed by atoms with Crippen LogP contribution in [0.15, 0.2) is 16.7 Å². The van der Waals surface area contributed by atoms with E-state index in [1.807, 2.05) is 6.07 Å². The minimum absolute atomic E-state index is 0.569. The number of furan rings is 1. The van der Waals surface area contributed by atoms with Crippen molar-refractivity contribution < 1.29 is 4.42 Å². The number of nitrogens with two attached hydrogens (primary N) is 1. The molecule has 2 rings (SSSR count). The molecule has 15 heavy (non-hydrogen) atoms. The smallest absolute Gasteiger partial charge is 0.122 e. The molecule has 84 valence electrons. The largest absolute Gasteiger partial charge is 0.468 e. The van der Waals surface area contributed by atoms with Crippen molar-refractivity contribution in [3.63, 3.8) is 0 Å². The fourth-order valence-corrected chi connectivity index (χ4v) is 2.05. The fourth-order valence-electron chi connectivity index (χ4n) is 2.05. The van der Waals surface area contributed by atoms with Gasteiger partial charge in [0.2, 0.25) is 0 Å². The molecule has 3 heteroatoms. The van der Waals surface area contributed by atoms with Gasteiger partial charge < -0.3 is 10.2 Å². The summed E-state index contributed by atoms with van der Waals surface area (Å²) in [5, 5.41) is 0. The second-order valence-electron chi connectivity index (χ2n) is 4.74. The van der Waals surface area contributed by atoms with Gasteiger partial charge in [0.1, 0.15) is 5.76 Å². The zero-order valence-corrected chi connectivity index (χ0v) is 9.57. The minimum Gasteiger partial charge on any atom is -0.468 e. The molecule has 0 amide bonds. The van der Waals surface area contributed by atoms with Crippen LogP contribution in [0.3, 0.4) is 0 Å². The Morgan fingerprint density at radius 1 is 1.60 bits per heavy atom. The SMILES string of the molecule is CC1CC1CN(C)Cc1occc1CN. The second kappa shape index (κ2) is 4.37. The maximum Gasteiger partial charge on any atom is 0.122 e. The molecule has 2 unspecified atom stereocenters. The number of nitrogens with zero attached hydrogens (tertiary/aromatic N) is 1. The molecule has 2 N–H and O–H groups in total. The zero-order valence-electron chi connectivity index (χ0n) is 9.57. The highest BCUT2D eigenvalue weighted by atomic mass is 16.3. The summed E-state index contributed by atoms with van der Waals surface area (Å²) in [4.78, 5) is 2.33. The van der Waals surface area contributed by atoms with E-state index in [4.69, 9.17) is 10.2 Å². The van der Waals surface area contributed by atoms with Crippen LogP contribution in [0.4, 0.5) is 0 Å². The molecule has 1 aromatic heterocycles. The van der Waals surface area contributed by atoms with Gasteiger partial charge >= 0.3 is 0 Å². The van der Waals surface area contributed by atoms with Crippen molar-refractivity contribution in [2.75, 3.05) is 13.6 Å². The van der Waals surface area contributed by atoms with Gasteiger partial charge in [-0.15, -0.1) is 0 Å². The van der Waals surface area contributed by atoms with Crippen molar-refractivity contribution >= 4 is 0 Å². The van der Waals surface area contributed by atoms with Crippen molar-refractivity contribution in [2.24, 2.45) is 17.6 Å². The molecule has 1 aromatic rings. The highest BCUT2D eigenvalue weighted by Crippen LogP contribution is 2.38. The van der Waals surface area contributed by atoms with E-state index in [2.05, 4.69) is 18.9 Å². The van der Waals surface area contributed by atoms with Crippen LogP contribution in [0.2, 0.25) is 0 Å². The van der Waals surface area contributed by atoms with Crippen molar-refractivity contribution in [1.29, 1.82) is 0 Å². The number of rotatable bonds is 5. The highest BCUT2D eigenvalue weighted by Gasteiger charge is 2.33. The Bertz CT molecular complexity index is 321. The molecule has 1 saturated carbocycles. The van der Waals surface area contributed by atoms with Crippen LogP contribution in [0.25, 0.3) is 0 Å². The van der Waals surface area contributed by atoms with E-state index in [1.165, 1.54) is 13.0 Å². The Morgan fingerprint density at radius 2 is 2.33 bits per heavy atom. The molecule has 1 aliphatic rings. The van der Waals surface area contributed by atoms with Gasteiger partial charge in [0, 0.05) is 18.7 Å². The summed E-state index contributed by atoms with van der Waals surface area (Å²) in [5.41, 5.74) is 6.76. The van der Waals surface area contributed by atoms with Gasteiger partial charge in [-0.25, -0.2) is 0 Å². The summed E-state index contributed by atoms with van der Waals surface area (Å²) in [5.74, 6) is 2.83. The molecule has 0 spiro atoms. The maximum atomic E-state index is 5.63. The second-order valence-corrected chi connectivity index (χ2v) is 4.74. The third kappa shape index (κ3) is 2.61. The maximum absolute atomic E-state index is 5.63. The lowest BCUT2D eigenvalue weighted by atomic mass is 10.2. The number of hydrogen-bond acceptors (Lipinski definition) is 3. The summed E-state index contributed by atoms with van der Waals surface area (Å²) < 4.78 is 5.43. The molecular weight excluding hydrogens is 188 g/mol. The monoisotopic (exact) mass is 208 g/mol. The van der Waals surface area contributed by atoms with Gasteiger partial charge in [-0.2, -0.15) is 0 Å². The van der Waals surface area contributed by atoms with Crippen molar-refractivity contribution in [3.8, 4) is 0 Å². The first-order valence-electron chi connectivity index (χ1n) is 5.64. The molecule has 1 aliphatic carbocycles. The van der Waals surface area contributed by atoms with Crippen molar-refractivity contribution in [3.05, 3.63) is 23.7 Å². The molecule has 0 aromatic carbocycles. The first-order valence-corrected chi connectivity index (χ1v) is 5.64. The van der Waals surface area contributed by atoms with Gasteiger partial charge in [-0.1, -0.05) is 6.92 Å². The lowest BCUT2D eigenvalue weighted by Crippen LogP contribution is -2.21. The quantitative estimate of drug-likeness (QED) is 0.802. The summed E-state index contributed by atoms with van der Waals surface area (Å²) in [6.07, 6.45) is 3.11. The minimum atomic E-state index is 0.569. The Hall–Kier alpha value is -0.800. The van der Waals surface area contributed by atoms with Gasteiger partial charge in [0.05, 0.1) is 12.8 Å². The summed E-state index contributed by atoms with van der Waals surface area (Å²) >= 11 is 0. The van der Waals surface area contributed by atoms with E-state index < -0.39 is 0 Å². The molecule has 2 atom stereocenters. The van der Waals surface area contributed by atoms with Crippen LogP contribution in [0.5, 0.6) is 0 Å². The van der Waals surface area contributed by atoms with E-state index in [0.29, 0.717) is 6.54 Å². The fraction of sp³-hybridized carbons (Fsp3) is 0.667. The summed E-state index contributed by atoms with van der Waals surface area (Å²) in [6.45, 7) is 4.94. The average molecular weight is 208 g/mol. The van der Waals surface area contributed by atoms with Crippen molar-refractivity contribution in [2.45, 2.75) is 26.4 Å². The van der Waals surface area contributed by atoms with Crippen molar-refractivity contribution in [1.82, 2.24) is 4.90 Å². The van der Waals surface area contributed by atoms with Crippen LogP contribution in [0, 0.1) is 11.8 Å². The molecular formula is C12H20N2O. The molecule has 1 fully saturated rings. The third-order valence-electron chi connectivity index (χ3n) is 3.29. The highest BCUT2D eigenvalue weighted by molar-refractivity contribution is 5.16. The molecule has 1 heterocycles. The molecule has 0 radical (unpaired) electrons. The van der Waals surface area contributed by atoms with E-state index in [0.717, 1.165) is 29.7 Å². The standard InChI is InChI=1S/C12H20N2O/c1-9-5-11(9)7-14(2)8-12-10(6-13)3-4-15-12/h3-4,9,11H,5-8,13H2,1-2H3. The Kier molecular flexibility index (Phi) is 3.12. The Labute approximate surface area is 91.2 Å². The van der Waals surface area contributed by atoms with Crippen LogP contribution in [-0.4, -0.2) is 18.5 Å². The van der Waals surface area contributed by atoms with Crippen LogP contribution < -0.4 is 5.73 Å². The van der Waals surface area contributed by atoms with E-state index >= 15 is 0 Å². The Balaban J connectivity index is 1.85. The predicted octanol–water partition coefficient (Wildman–Crippen LogP) is 1.83. The van der Waals surface area contributed by atoms with E-state index in [9.17, 15) is 0 Å². The van der Waals surface area contributed by atoms with Crippen LogP contribution >= 0.6 is 0 Å². The first-order chi connectivity index (χ1) is 7.20. The Morgan fingerprint density at radius 3 is 2.93 bits per heavy atom. The van der Waals surface area contributed by atoms with Gasteiger partial charge in [0.15, 0.2) is 0 Å². The first kappa shape index (κ1) is 10.7. The predicted molar refractivity (Wildman–Crippen MR) is 60.2 cm³/mol. The van der Waals surface area contributed by atoms with E-state index in [1.54, 1.807) is 6.26 Å². The van der Waals surface area contributed by atoms with Gasteiger partial charge in [-0.05, 0) is 31.4 Å². The number of hydrogen-bond donors (Lipinski definition) is 1. The summed E-state index contributed by atoms with van der Waals surface area (Å²) in [7, 11) is 2.15.